The van der Waals surface area contributed by atoms with Crippen molar-refractivity contribution in [3.05, 3.63) is 90.0 Å². The lowest BCUT2D eigenvalue weighted by atomic mass is 10.1. The summed E-state index contributed by atoms with van der Waals surface area (Å²) in [6.07, 6.45) is 2.33. The number of carbonyl (C=O) groups excluding carboxylic acids is 1. The van der Waals surface area contributed by atoms with E-state index in [2.05, 4.69) is 10.0 Å². The molecule has 0 radical (unpaired) electrons. The topological polar surface area (TPSA) is 150 Å². The molecular formula is C22H23N3O5S+2. The van der Waals surface area contributed by atoms with Gasteiger partial charge in [0.1, 0.15) is 0 Å². The number of benzene rings is 3. The SMILES string of the molecule is Nc1cc(C(=O)Nc2ccc(S([OH2+])([OH2+])Nc3ccccc3)cc2)ccc1/C=C\C(=O)O. The first kappa shape index (κ1) is 21.9. The molecule has 0 spiro atoms. The normalized spacial score (nSPS) is 11.8. The van der Waals surface area contributed by atoms with Crippen molar-refractivity contribution in [2.75, 3.05) is 15.8 Å². The minimum absolute atomic E-state index is 0.282. The third-order valence-corrected chi connectivity index (χ3v) is 5.79. The lowest BCUT2D eigenvalue weighted by Crippen LogP contribution is -2.13. The molecule has 3 aromatic carbocycles. The molecule has 0 fully saturated rings. The predicted molar refractivity (Wildman–Crippen MR) is 125 cm³/mol. The molecule has 0 atom stereocenters. The Labute approximate surface area is 180 Å². The van der Waals surface area contributed by atoms with Crippen molar-refractivity contribution < 1.29 is 23.8 Å². The Kier molecular flexibility index (Phi) is 6.61. The van der Waals surface area contributed by atoms with Crippen LogP contribution < -0.4 is 15.8 Å². The third-order valence-electron chi connectivity index (χ3n) is 4.26. The van der Waals surface area contributed by atoms with E-state index in [4.69, 9.17) is 19.9 Å². The molecule has 0 heterocycles. The number of nitrogen functional groups attached to an aromatic ring is 1. The predicted octanol–water partition coefficient (Wildman–Crippen LogP) is 3.09. The van der Waals surface area contributed by atoms with Crippen molar-refractivity contribution in [2.24, 2.45) is 0 Å². The number of aliphatic carboxylic acids is 1. The number of hydrogen-bond acceptors (Lipinski definition) is 4. The summed E-state index contributed by atoms with van der Waals surface area (Å²) >= 11 is 0. The summed E-state index contributed by atoms with van der Waals surface area (Å²) in [6.45, 7) is 0. The van der Waals surface area contributed by atoms with E-state index in [-0.39, 0.29) is 11.6 Å². The number of rotatable bonds is 7. The van der Waals surface area contributed by atoms with Gasteiger partial charge in [0.25, 0.3) is 5.91 Å². The van der Waals surface area contributed by atoms with Crippen LogP contribution in [-0.4, -0.2) is 26.1 Å². The van der Waals surface area contributed by atoms with Crippen LogP contribution in [0.3, 0.4) is 0 Å². The molecule has 1 amide bonds. The summed E-state index contributed by atoms with van der Waals surface area (Å²) in [6, 6.07) is 20.3. The van der Waals surface area contributed by atoms with Gasteiger partial charge in [-0.05, 0) is 60.2 Å². The molecule has 0 aliphatic heterocycles. The van der Waals surface area contributed by atoms with E-state index >= 15 is 0 Å². The quantitative estimate of drug-likeness (QED) is 0.252. The fourth-order valence-electron chi connectivity index (χ4n) is 2.72. The zero-order valence-electron chi connectivity index (χ0n) is 16.3. The average Bonchev–Trinajstić information content (AvgIpc) is 2.73. The lowest BCUT2D eigenvalue weighted by Gasteiger charge is -2.25. The first-order valence-corrected chi connectivity index (χ1v) is 10.8. The molecule has 0 aromatic heterocycles. The Bertz CT molecular complexity index is 1120. The van der Waals surface area contributed by atoms with E-state index in [9.17, 15) is 9.59 Å². The van der Waals surface area contributed by atoms with E-state index < -0.39 is 16.7 Å². The van der Waals surface area contributed by atoms with Crippen LogP contribution in [0, 0.1) is 0 Å². The smallest absolute Gasteiger partial charge is 0.328 e. The number of amides is 1. The van der Waals surface area contributed by atoms with E-state index in [1.807, 2.05) is 18.2 Å². The number of anilines is 3. The number of nitrogens with two attached hydrogens (primary N) is 1. The molecule has 0 bridgehead atoms. The number of nitrogens with one attached hydrogen (secondary N) is 2. The molecule has 9 N–H and O–H groups in total. The molecule has 3 aromatic rings. The van der Waals surface area contributed by atoms with Crippen molar-refractivity contribution >= 4 is 45.8 Å². The number of hydrogen-bond donors (Lipinski definition) is 4. The monoisotopic (exact) mass is 441 g/mol. The second kappa shape index (κ2) is 9.35. The molecular weight excluding hydrogens is 418 g/mol. The van der Waals surface area contributed by atoms with Crippen LogP contribution in [0.4, 0.5) is 17.1 Å². The third kappa shape index (κ3) is 5.86. The van der Waals surface area contributed by atoms with Gasteiger partial charge in [0.15, 0.2) is 4.90 Å². The molecule has 31 heavy (non-hydrogen) atoms. The number of para-hydroxylation sites is 1. The van der Waals surface area contributed by atoms with Gasteiger partial charge in [-0.2, -0.15) is 0 Å². The molecule has 0 aliphatic carbocycles. The average molecular weight is 442 g/mol. The van der Waals surface area contributed by atoms with E-state index in [1.54, 1.807) is 48.5 Å². The summed E-state index contributed by atoms with van der Waals surface area (Å²) in [7, 11) is -2.76. The Morgan fingerprint density at radius 3 is 2.23 bits per heavy atom. The molecule has 8 nitrogen and oxygen atoms in total. The second-order valence-electron chi connectivity index (χ2n) is 6.57. The van der Waals surface area contributed by atoms with E-state index in [0.29, 0.717) is 27.4 Å². The fourth-order valence-corrected chi connectivity index (χ4v) is 3.87. The summed E-state index contributed by atoms with van der Waals surface area (Å²) in [4.78, 5) is 23.6. The van der Waals surface area contributed by atoms with Crippen molar-refractivity contribution in [2.45, 2.75) is 4.90 Å². The zero-order chi connectivity index (χ0) is 22.4. The first-order valence-electron chi connectivity index (χ1n) is 9.12. The van der Waals surface area contributed by atoms with Crippen molar-refractivity contribution in [1.82, 2.24) is 0 Å². The maximum atomic E-state index is 12.5. The van der Waals surface area contributed by atoms with Gasteiger partial charge in [0, 0.05) is 23.0 Å². The van der Waals surface area contributed by atoms with Gasteiger partial charge in [-0.15, -0.1) is 0 Å². The zero-order valence-corrected chi connectivity index (χ0v) is 17.1. The second-order valence-corrected chi connectivity index (χ2v) is 8.47. The summed E-state index contributed by atoms with van der Waals surface area (Å²) < 4.78 is 19.6. The first-order chi connectivity index (χ1) is 14.7. The van der Waals surface area contributed by atoms with Crippen LogP contribution in [0.15, 0.2) is 83.8 Å². The van der Waals surface area contributed by atoms with Crippen LogP contribution in [-0.2, 0) is 4.79 Å². The van der Waals surface area contributed by atoms with E-state index in [1.165, 1.54) is 12.1 Å². The van der Waals surface area contributed by atoms with Crippen molar-refractivity contribution in [3.8, 4) is 0 Å². The summed E-state index contributed by atoms with van der Waals surface area (Å²) in [5, 5.41) is 11.4. The van der Waals surface area contributed by atoms with Crippen LogP contribution in [0.2, 0.25) is 0 Å². The largest absolute Gasteiger partial charge is 0.478 e. The molecule has 3 rings (SSSR count). The molecule has 0 unspecified atom stereocenters. The minimum atomic E-state index is -2.76. The summed E-state index contributed by atoms with van der Waals surface area (Å²) in [5.74, 6) is -1.47. The van der Waals surface area contributed by atoms with Gasteiger partial charge in [0.2, 0.25) is 0 Å². The highest BCUT2D eigenvalue weighted by atomic mass is 32.3. The Morgan fingerprint density at radius 1 is 0.935 bits per heavy atom. The van der Waals surface area contributed by atoms with Gasteiger partial charge < -0.3 is 16.2 Å². The fraction of sp³-hybridized carbons (Fsp3) is 0. The van der Waals surface area contributed by atoms with Gasteiger partial charge in [-0.25, -0.2) is 9.52 Å². The maximum absolute atomic E-state index is 12.5. The van der Waals surface area contributed by atoms with Gasteiger partial charge in [-0.1, -0.05) is 24.3 Å². The lowest BCUT2D eigenvalue weighted by molar-refractivity contribution is -0.131. The number of carboxylic acid groups (broad SMARTS) is 1. The van der Waals surface area contributed by atoms with Gasteiger partial charge >= 0.3 is 5.97 Å². The highest BCUT2D eigenvalue weighted by Crippen LogP contribution is 2.47. The highest BCUT2D eigenvalue weighted by Gasteiger charge is 2.24. The van der Waals surface area contributed by atoms with Gasteiger partial charge in [0.05, 0.1) is 16.5 Å². The van der Waals surface area contributed by atoms with Crippen LogP contribution in [0.5, 0.6) is 0 Å². The Morgan fingerprint density at radius 2 is 1.61 bits per heavy atom. The van der Waals surface area contributed by atoms with Crippen LogP contribution in [0.25, 0.3) is 6.08 Å². The Balaban J connectivity index is 1.68. The van der Waals surface area contributed by atoms with Crippen molar-refractivity contribution in [1.29, 1.82) is 0 Å². The maximum Gasteiger partial charge on any atom is 0.328 e. The van der Waals surface area contributed by atoms with Crippen LogP contribution >= 0.6 is 10.8 Å². The van der Waals surface area contributed by atoms with Gasteiger partial charge in [-0.3, -0.25) is 13.9 Å². The molecule has 0 aliphatic rings. The standard InChI is InChI=1S/C22H21N3O5S/c23-20-14-16(7-6-15(20)8-13-21(26)27)22(28)24-17-9-11-19(12-10-17)31(29,30)25-18-4-2-1-3-5-18/h1-14,25,29-30H,23H2,(H,24,28)(H,26,27)/p+2/b13-8-. The molecule has 0 saturated carbocycles. The van der Waals surface area contributed by atoms with Crippen molar-refractivity contribution in [3.63, 3.8) is 0 Å². The molecule has 9 heteroatoms. The highest BCUT2D eigenvalue weighted by molar-refractivity contribution is 8.25. The molecule has 0 saturated heterocycles. The molecule has 160 valence electrons. The summed E-state index contributed by atoms with van der Waals surface area (Å²) in [5.41, 5.74) is 8.21. The Hall–Kier alpha value is -3.79. The van der Waals surface area contributed by atoms with E-state index in [0.717, 1.165) is 6.08 Å². The van der Waals surface area contributed by atoms with Crippen LogP contribution in [0.1, 0.15) is 15.9 Å². The number of carbonyl (C=O) groups is 2. The number of carboxylic acids is 1. The minimum Gasteiger partial charge on any atom is -0.478 e.